The van der Waals surface area contributed by atoms with E-state index in [0.29, 0.717) is 0 Å². The lowest BCUT2D eigenvalue weighted by Crippen LogP contribution is -2.26. The molecule has 7 nitrogen and oxygen atoms in total. The van der Waals surface area contributed by atoms with Crippen LogP contribution < -0.4 is 5.32 Å². The van der Waals surface area contributed by atoms with Gasteiger partial charge in [-0.15, -0.1) is 0 Å². The highest BCUT2D eigenvalue weighted by atomic mass is 16.6. The third-order valence-corrected chi connectivity index (χ3v) is 2.97. The lowest BCUT2D eigenvalue weighted by Gasteiger charge is -2.20. The van der Waals surface area contributed by atoms with Crippen LogP contribution in [-0.4, -0.2) is 33.8 Å². The molecule has 0 aliphatic heterocycles. The predicted molar refractivity (Wildman–Crippen MR) is 69.4 cm³/mol. The molecule has 0 radical (unpaired) electrons. The highest BCUT2D eigenvalue weighted by molar-refractivity contribution is 5.89. The Morgan fingerprint density at radius 1 is 1.47 bits per heavy atom. The summed E-state index contributed by atoms with van der Waals surface area (Å²) in [4.78, 5) is 21.1. The SMILES string of the molecule is CC(CO)C(C)Nc1ccc(C(=O)O)cc1[N+](=O)[O-]. The van der Waals surface area contributed by atoms with E-state index in [1.54, 1.807) is 13.8 Å². The number of nitrogens with zero attached hydrogens (tertiary/aromatic N) is 1. The van der Waals surface area contributed by atoms with E-state index in [0.717, 1.165) is 6.07 Å². The summed E-state index contributed by atoms with van der Waals surface area (Å²) in [7, 11) is 0. The summed E-state index contributed by atoms with van der Waals surface area (Å²) in [5.74, 6) is -1.30. The van der Waals surface area contributed by atoms with E-state index in [-0.39, 0.29) is 35.5 Å². The first-order valence-electron chi connectivity index (χ1n) is 5.76. The van der Waals surface area contributed by atoms with Crippen LogP contribution in [0.2, 0.25) is 0 Å². The third kappa shape index (κ3) is 3.65. The van der Waals surface area contributed by atoms with Crippen molar-refractivity contribution in [2.24, 2.45) is 5.92 Å². The maximum Gasteiger partial charge on any atom is 0.335 e. The van der Waals surface area contributed by atoms with Crippen molar-refractivity contribution in [2.45, 2.75) is 19.9 Å². The summed E-state index contributed by atoms with van der Waals surface area (Å²) < 4.78 is 0. The molecule has 0 amide bonds. The van der Waals surface area contributed by atoms with E-state index in [1.807, 2.05) is 0 Å². The van der Waals surface area contributed by atoms with Crippen molar-refractivity contribution in [3.8, 4) is 0 Å². The molecule has 0 aliphatic rings. The molecular formula is C12H16N2O5. The smallest absolute Gasteiger partial charge is 0.335 e. The number of anilines is 1. The van der Waals surface area contributed by atoms with E-state index in [9.17, 15) is 14.9 Å². The van der Waals surface area contributed by atoms with Crippen molar-refractivity contribution in [2.75, 3.05) is 11.9 Å². The van der Waals surface area contributed by atoms with E-state index < -0.39 is 10.9 Å². The summed E-state index contributed by atoms with van der Waals surface area (Å²) in [6.45, 7) is 3.54. The zero-order valence-electron chi connectivity index (χ0n) is 10.7. The minimum Gasteiger partial charge on any atom is -0.478 e. The van der Waals surface area contributed by atoms with Crippen LogP contribution in [0.4, 0.5) is 11.4 Å². The summed E-state index contributed by atoms with van der Waals surface area (Å²) in [6.07, 6.45) is 0. The summed E-state index contributed by atoms with van der Waals surface area (Å²) >= 11 is 0. The number of hydrogen-bond acceptors (Lipinski definition) is 5. The molecule has 0 aliphatic carbocycles. The van der Waals surface area contributed by atoms with Gasteiger partial charge in [0.2, 0.25) is 0 Å². The number of carboxylic acid groups (broad SMARTS) is 1. The van der Waals surface area contributed by atoms with Gasteiger partial charge in [0.05, 0.1) is 10.5 Å². The fourth-order valence-electron chi connectivity index (χ4n) is 1.48. The lowest BCUT2D eigenvalue weighted by molar-refractivity contribution is -0.384. The molecule has 3 N–H and O–H groups in total. The highest BCUT2D eigenvalue weighted by Crippen LogP contribution is 2.27. The average molecular weight is 268 g/mol. The maximum atomic E-state index is 10.9. The molecule has 1 aromatic rings. The molecule has 7 heteroatoms. The fourth-order valence-corrected chi connectivity index (χ4v) is 1.48. The van der Waals surface area contributed by atoms with E-state index in [4.69, 9.17) is 10.2 Å². The number of aromatic carboxylic acids is 1. The second-order valence-corrected chi connectivity index (χ2v) is 4.39. The number of nitrogens with one attached hydrogen (secondary N) is 1. The van der Waals surface area contributed by atoms with Crippen LogP contribution in [0.3, 0.4) is 0 Å². The van der Waals surface area contributed by atoms with Gasteiger partial charge in [0, 0.05) is 18.7 Å². The number of aliphatic hydroxyl groups excluding tert-OH is 1. The van der Waals surface area contributed by atoms with Crippen molar-refractivity contribution >= 4 is 17.3 Å². The molecular weight excluding hydrogens is 252 g/mol. The Balaban J connectivity index is 3.07. The topological polar surface area (TPSA) is 113 Å². The lowest BCUT2D eigenvalue weighted by atomic mass is 10.0. The second-order valence-electron chi connectivity index (χ2n) is 4.39. The van der Waals surface area contributed by atoms with Gasteiger partial charge in [0.1, 0.15) is 5.69 Å². The number of nitro groups is 1. The predicted octanol–water partition coefficient (Wildman–Crippen LogP) is 1.72. The number of nitro benzene ring substituents is 1. The Morgan fingerprint density at radius 3 is 2.58 bits per heavy atom. The number of carbonyl (C=O) groups is 1. The Morgan fingerprint density at radius 2 is 2.11 bits per heavy atom. The summed E-state index contributed by atoms with van der Waals surface area (Å²) in [5.41, 5.74) is -0.195. The number of rotatable bonds is 6. The minimum atomic E-state index is -1.22. The second kappa shape index (κ2) is 6.14. The van der Waals surface area contributed by atoms with Gasteiger partial charge >= 0.3 is 5.97 Å². The molecule has 0 fully saturated rings. The first-order valence-corrected chi connectivity index (χ1v) is 5.76. The van der Waals surface area contributed by atoms with Crippen LogP contribution in [0.15, 0.2) is 18.2 Å². The van der Waals surface area contributed by atoms with E-state index in [1.165, 1.54) is 12.1 Å². The molecule has 0 saturated carbocycles. The largest absolute Gasteiger partial charge is 0.478 e. The first kappa shape index (κ1) is 14.9. The van der Waals surface area contributed by atoms with Crippen LogP contribution in [0.25, 0.3) is 0 Å². The van der Waals surface area contributed by atoms with Gasteiger partial charge in [-0.1, -0.05) is 6.92 Å². The van der Waals surface area contributed by atoms with Gasteiger partial charge in [-0.2, -0.15) is 0 Å². The monoisotopic (exact) mass is 268 g/mol. The van der Waals surface area contributed by atoms with Crippen molar-refractivity contribution in [3.63, 3.8) is 0 Å². The molecule has 0 heterocycles. The normalized spacial score (nSPS) is 13.6. The molecule has 0 aromatic heterocycles. The maximum absolute atomic E-state index is 10.9. The Labute approximate surface area is 110 Å². The highest BCUT2D eigenvalue weighted by Gasteiger charge is 2.20. The Kier molecular flexibility index (Phi) is 4.82. The standard InChI is InChI=1S/C12H16N2O5/c1-7(6-15)8(2)13-10-4-3-9(12(16)17)5-11(10)14(18)19/h3-5,7-8,13,15H,6H2,1-2H3,(H,16,17). The molecule has 0 bridgehead atoms. The van der Waals surface area contributed by atoms with Gasteiger partial charge in [-0.05, 0) is 25.0 Å². The number of hydrogen-bond donors (Lipinski definition) is 3. The molecule has 0 saturated heterocycles. The molecule has 19 heavy (non-hydrogen) atoms. The molecule has 0 spiro atoms. The molecule has 1 rings (SSSR count). The van der Waals surface area contributed by atoms with Gasteiger partial charge < -0.3 is 15.5 Å². The summed E-state index contributed by atoms with van der Waals surface area (Å²) in [6, 6.07) is 3.50. The number of benzene rings is 1. The van der Waals surface area contributed by atoms with Crippen LogP contribution in [0.5, 0.6) is 0 Å². The molecule has 1 aromatic carbocycles. The molecule has 2 atom stereocenters. The van der Waals surface area contributed by atoms with Gasteiger partial charge in [0.25, 0.3) is 5.69 Å². The number of aliphatic hydroxyl groups is 1. The third-order valence-electron chi connectivity index (χ3n) is 2.97. The van der Waals surface area contributed by atoms with Crippen molar-refractivity contribution in [1.29, 1.82) is 0 Å². The zero-order chi connectivity index (χ0) is 14.6. The van der Waals surface area contributed by atoms with Crippen LogP contribution in [0, 0.1) is 16.0 Å². The Hall–Kier alpha value is -2.15. The van der Waals surface area contributed by atoms with Crippen LogP contribution in [0.1, 0.15) is 24.2 Å². The van der Waals surface area contributed by atoms with Gasteiger partial charge in [-0.3, -0.25) is 10.1 Å². The van der Waals surface area contributed by atoms with Crippen molar-refractivity contribution in [3.05, 3.63) is 33.9 Å². The molecule has 2 unspecified atom stereocenters. The minimum absolute atomic E-state index is 0.0465. The number of carboxylic acids is 1. The van der Waals surface area contributed by atoms with Gasteiger partial charge in [-0.25, -0.2) is 4.79 Å². The first-order chi connectivity index (χ1) is 8.86. The average Bonchev–Trinajstić information content (AvgIpc) is 2.37. The Bertz CT molecular complexity index is 489. The van der Waals surface area contributed by atoms with Crippen molar-refractivity contribution in [1.82, 2.24) is 0 Å². The molecule has 104 valence electrons. The van der Waals surface area contributed by atoms with Crippen molar-refractivity contribution < 1.29 is 19.9 Å². The fraction of sp³-hybridized carbons (Fsp3) is 0.417. The van der Waals surface area contributed by atoms with E-state index in [2.05, 4.69) is 5.32 Å². The van der Waals surface area contributed by atoms with Crippen LogP contribution in [-0.2, 0) is 0 Å². The zero-order valence-corrected chi connectivity index (χ0v) is 10.7. The summed E-state index contributed by atoms with van der Waals surface area (Å²) in [5, 5.41) is 31.7. The van der Waals surface area contributed by atoms with E-state index >= 15 is 0 Å². The van der Waals surface area contributed by atoms with Crippen LogP contribution >= 0.6 is 0 Å². The quantitative estimate of drug-likeness (QED) is 0.535. The van der Waals surface area contributed by atoms with Gasteiger partial charge in [0.15, 0.2) is 0 Å².